The van der Waals surface area contributed by atoms with Crippen LogP contribution in [0.3, 0.4) is 0 Å². The molecule has 0 radical (unpaired) electrons. The summed E-state index contributed by atoms with van der Waals surface area (Å²) in [6.07, 6.45) is 0. The molecule has 1 aliphatic rings. The van der Waals surface area contributed by atoms with Gasteiger partial charge in [0.1, 0.15) is 11.8 Å². The van der Waals surface area contributed by atoms with E-state index in [1.54, 1.807) is 48.5 Å². The van der Waals surface area contributed by atoms with Gasteiger partial charge in [0.25, 0.3) is 5.91 Å². The summed E-state index contributed by atoms with van der Waals surface area (Å²) in [6.45, 7) is 1.42. The highest BCUT2D eigenvalue weighted by molar-refractivity contribution is 7.88. The molecule has 1 N–H and O–H groups in total. The van der Waals surface area contributed by atoms with E-state index in [0.29, 0.717) is 43.2 Å². The Morgan fingerprint density at radius 3 is 2.50 bits per heavy atom. The van der Waals surface area contributed by atoms with Gasteiger partial charge in [0.2, 0.25) is 10.0 Å². The fourth-order valence-corrected chi connectivity index (χ4v) is 4.62. The van der Waals surface area contributed by atoms with Gasteiger partial charge in [-0.15, -0.1) is 0 Å². The van der Waals surface area contributed by atoms with Crippen LogP contribution in [0.2, 0.25) is 0 Å². The first-order valence-electron chi connectivity index (χ1n) is 9.50. The number of para-hydroxylation sites is 1. The second kappa shape index (κ2) is 10.2. The van der Waals surface area contributed by atoms with Crippen LogP contribution in [0.1, 0.15) is 16.7 Å². The van der Waals surface area contributed by atoms with Gasteiger partial charge >= 0.3 is 0 Å². The molecule has 0 unspecified atom stereocenters. The zero-order chi connectivity index (χ0) is 21.4. The molecule has 2 aromatic carbocycles. The third-order valence-corrected chi connectivity index (χ3v) is 6.49. The average molecular weight is 429 g/mol. The van der Waals surface area contributed by atoms with Crippen molar-refractivity contribution in [3.05, 3.63) is 65.2 Å². The minimum absolute atomic E-state index is 0.134. The summed E-state index contributed by atoms with van der Waals surface area (Å²) < 4.78 is 37.5. The predicted octanol–water partition coefficient (Wildman–Crippen LogP) is 1.42. The van der Waals surface area contributed by atoms with Crippen molar-refractivity contribution in [3.8, 4) is 11.8 Å². The fourth-order valence-electron chi connectivity index (χ4n) is 3.06. The van der Waals surface area contributed by atoms with Crippen molar-refractivity contribution < 1.29 is 22.7 Å². The summed E-state index contributed by atoms with van der Waals surface area (Å²) in [6, 6.07) is 15.8. The Labute approximate surface area is 176 Å². The summed E-state index contributed by atoms with van der Waals surface area (Å²) in [5, 5.41) is 11.8. The molecule has 0 bridgehead atoms. The van der Waals surface area contributed by atoms with E-state index in [1.165, 1.54) is 4.31 Å². The maximum Gasteiger partial charge on any atom is 0.258 e. The van der Waals surface area contributed by atoms with Gasteiger partial charge in [-0.2, -0.15) is 9.57 Å². The summed E-state index contributed by atoms with van der Waals surface area (Å²) in [5.74, 6) is -0.161. The van der Waals surface area contributed by atoms with Gasteiger partial charge in [-0.05, 0) is 23.3 Å². The number of rotatable bonds is 8. The first-order valence-corrected chi connectivity index (χ1v) is 11.1. The topological polar surface area (TPSA) is 109 Å². The first-order chi connectivity index (χ1) is 14.5. The molecule has 0 aliphatic carbocycles. The van der Waals surface area contributed by atoms with Crippen LogP contribution in [0.25, 0.3) is 0 Å². The summed E-state index contributed by atoms with van der Waals surface area (Å²) in [5.41, 5.74) is 1.71. The number of ether oxygens (including phenoxy) is 2. The van der Waals surface area contributed by atoms with Gasteiger partial charge in [-0.25, -0.2) is 8.42 Å². The SMILES string of the molecule is N#Cc1ccccc1OCC(=O)NCc1ccccc1CS(=O)(=O)N1CCOCC1. The van der Waals surface area contributed by atoms with E-state index in [-0.39, 0.29) is 24.8 Å². The highest BCUT2D eigenvalue weighted by atomic mass is 32.2. The van der Waals surface area contributed by atoms with Crippen LogP contribution < -0.4 is 10.1 Å². The number of benzene rings is 2. The van der Waals surface area contributed by atoms with Crippen LogP contribution in [0, 0.1) is 11.3 Å². The van der Waals surface area contributed by atoms with Gasteiger partial charge < -0.3 is 14.8 Å². The van der Waals surface area contributed by atoms with E-state index in [0.717, 1.165) is 5.56 Å². The van der Waals surface area contributed by atoms with E-state index < -0.39 is 10.0 Å². The van der Waals surface area contributed by atoms with E-state index in [1.807, 2.05) is 6.07 Å². The number of hydrogen-bond acceptors (Lipinski definition) is 6. The number of hydrogen-bond donors (Lipinski definition) is 1. The molecule has 30 heavy (non-hydrogen) atoms. The third-order valence-electron chi connectivity index (χ3n) is 4.66. The molecule has 0 aromatic heterocycles. The van der Waals surface area contributed by atoms with Gasteiger partial charge in [-0.3, -0.25) is 4.79 Å². The zero-order valence-corrected chi connectivity index (χ0v) is 17.2. The molecule has 0 spiro atoms. The highest BCUT2D eigenvalue weighted by Gasteiger charge is 2.25. The Balaban J connectivity index is 1.58. The lowest BCUT2D eigenvalue weighted by atomic mass is 10.1. The Kier molecular flexibility index (Phi) is 7.41. The number of amides is 1. The molecule has 2 aromatic rings. The van der Waals surface area contributed by atoms with Crippen molar-refractivity contribution in [2.75, 3.05) is 32.9 Å². The molecule has 0 saturated carbocycles. The quantitative estimate of drug-likeness (QED) is 0.680. The minimum Gasteiger partial charge on any atom is -0.482 e. The van der Waals surface area contributed by atoms with Crippen LogP contribution in [0.5, 0.6) is 5.75 Å². The lowest BCUT2D eigenvalue weighted by Gasteiger charge is -2.26. The molecule has 1 heterocycles. The number of carbonyl (C=O) groups is 1. The molecular formula is C21H23N3O5S. The second-order valence-electron chi connectivity index (χ2n) is 6.71. The highest BCUT2D eigenvalue weighted by Crippen LogP contribution is 2.18. The van der Waals surface area contributed by atoms with Crippen LogP contribution >= 0.6 is 0 Å². The molecule has 0 atom stereocenters. The van der Waals surface area contributed by atoms with Crippen molar-refractivity contribution >= 4 is 15.9 Å². The lowest BCUT2D eigenvalue weighted by Crippen LogP contribution is -2.41. The monoisotopic (exact) mass is 429 g/mol. The zero-order valence-electron chi connectivity index (χ0n) is 16.4. The Bertz CT molecular complexity index is 1030. The number of sulfonamides is 1. The van der Waals surface area contributed by atoms with Crippen LogP contribution in [0.15, 0.2) is 48.5 Å². The fraction of sp³-hybridized carbons (Fsp3) is 0.333. The predicted molar refractivity (Wildman–Crippen MR) is 110 cm³/mol. The average Bonchev–Trinajstić information content (AvgIpc) is 2.77. The molecule has 1 aliphatic heterocycles. The van der Waals surface area contributed by atoms with Crippen molar-refractivity contribution in [2.45, 2.75) is 12.3 Å². The number of morpholine rings is 1. The summed E-state index contributed by atoms with van der Waals surface area (Å²) >= 11 is 0. The Hall–Kier alpha value is -2.93. The lowest BCUT2D eigenvalue weighted by molar-refractivity contribution is -0.123. The third kappa shape index (κ3) is 5.79. The number of nitrogens with one attached hydrogen (secondary N) is 1. The number of nitriles is 1. The summed E-state index contributed by atoms with van der Waals surface area (Å²) in [4.78, 5) is 12.2. The molecular weight excluding hydrogens is 406 g/mol. The first kappa shape index (κ1) is 21.8. The van der Waals surface area contributed by atoms with E-state index in [4.69, 9.17) is 14.7 Å². The van der Waals surface area contributed by atoms with Crippen molar-refractivity contribution in [2.24, 2.45) is 0 Å². The normalized spacial score (nSPS) is 14.6. The molecule has 158 valence electrons. The van der Waals surface area contributed by atoms with Gasteiger partial charge in [0.05, 0.1) is 24.5 Å². The smallest absolute Gasteiger partial charge is 0.258 e. The van der Waals surface area contributed by atoms with Gasteiger partial charge in [0.15, 0.2) is 6.61 Å². The van der Waals surface area contributed by atoms with Crippen LogP contribution in [0.4, 0.5) is 0 Å². The Morgan fingerprint density at radius 2 is 1.77 bits per heavy atom. The molecule has 9 heteroatoms. The van der Waals surface area contributed by atoms with Crippen molar-refractivity contribution in [1.82, 2.24) is 9.62 Å². The standard InChI is InChI=1S/C21H23N3O5S/c22-13-17-5-3-4-8-20(17)29-15-21(25)23-14-18-6-1-2-7-19(18)16-30(26,27)24-9-11-28-12-10-24/h1-8H,9-12,14-16H2,(H,23,25). The molecule has 1 saturated heterocycles. The maximum absolute atomic E-state index is 12.7. The van der Waals surface area contributed by atoms with Gasteiger partial charge in [-0.1, -0.05) is 36.4 Å². The number of nitrogens with zero attached hydrogens (tertiary/aromatic N) is 2. The molecule has 8 nitrogen and oxygen atoms in total. The van der Waals surface area contributed by atoms with Crippen LogP contribution in [-0.2, 0) is 31.9 Å². The second-order valence-corrected chi connectivity index (χ2v) is 8.68. The minimum atomic E-state index is -3.47. The molecule has 1 fully saturated rings. The van der Waals surface area contributed by atoms with Gasteiger partial charge in [0, 0.05) is 19.6 Å². The van der Waals surface area contributed by atoms with Crippen molar-refractivity contribution in [1.29, 1.82) is 5.26 Å². The van der Waals surface area contributed by atoms with Crippen molar-refractivity contribution in [3.63, 3.8) is 0 Å². The van der Waals surface area contributed by atoms with E-state index in [2.05, 4.69) is 5.32 Å². The number of carbonyl (C=O) groups excluding carboxylic acids is 1. The van der Waals surface area contributed by atoms with E-state index in [9.17, 15) is 13.2 Å². The van der Waals surface area contributed by atoms with E-state index >= 15 is 0 Å². The largest absolute Gasteiger partial charge is 0.482 e. The Morgan fingerprint density at radius 1 is 1.10 bits per heavy atom. The molecule has 3 rings (SSSR count). The van der Waals surface area contributed by atoms with Crippen LogP contribution in [-0.4, -0.2) is 51.5 Å². The summed E-state index contributed by atoms with van der Waals surface area (Å²) in [7, 11) is -3.47. The maximum atomic E-state index is 12.7. The molecule has 1 amide bonds.